The molecule has 2 heterocycles. The predicted octanol–water partition coefficient (Wildman–Crippen LogP) is 3.08. The number of aromatic nitrogens is 3. The average Bonchev–Trinajstić information content (AvgIpc) is 2.97. The average molecular weight is 427 g/mol. The van der Waals surface area contributed by atoms with Crippen LogP contribution in [0, 0.1) is 13.8 Å². The van der Waals surface area contributed by atoms with E-state index < -0.39 is 28.6 Å². The zero-order valence-electron chi connectivity index (χ0n) is 15.1. The number of fused-ring (bicyclic) bond motifs is 1. The molecule has 8 nitrogen and oxygen atoms in total. The molecule has 3 rings (SSSR count). The van der Waals surface area contributed by atoms with Crippen molar-refractivity contribution in [2.45, 2.75) is 20.0 Å². The molecule has 12 heteroatoms. The van der Waals surface area contributed by atoms with Gasteiger partial charge in [0.25, 0.3) is 0 Å². The van der Waals surface area contributed by atoms with Gasteiger partial charge in [0, 0.05) is 16.9 Å². The van der Waals surface area contributed by atoms with Crippen LogP contribution in [0.25, 0.3) is 5.65 Å². The quantitative estimate of drug-likeness (QED) is 0.218. The maximum atomic E-state index is 13.3. The molecular formula is C17H14ClF3N6O2. The van der Waals surface area contributed by atoms with E-state index in [9.17, 15) is 18.0 Å². The number of nitrogen functional groups attached to an aromatic ring is 1. The molecule has 29 heavy (non-hydrogen) atoms. The van der Waals surface area contributed by atoms with Crippen LogP contribution in [0.1, 0.15) is 33.0 Å². The second-order valence-corrected chi connectivity index (χ2v) is 6.43. The minimum Gasteiger partial charge on any atom is -0.398 e. The van der Waals surface area contributed by atoms with Gasteiger partial charge in [-0.05, 0) is 31.5 Å². The number of anilines is 1. The van der Waals surface area contributed by atoms with Crippen molar-refractivity contribution in [3.8, 4) is 0 Å². The summed E-state index contributed by atoms with van der Waals surface area (Å²) >= 11 is 6.01. The summed E-state index contributed by atoms with van der Waals surface area (Å²) in [5.41, 5.74) is 11.1. The molecule has 0 saturated carbocycles. The van der Waals surface area contributed by atoms with E-state index in [-0.39, 0.29) is 17.2 Å². The van der Waals surface area contributed by atoms with Crippen molar-refractivity contribution in [2.75, 3.05) is 5.73 Å². The van der Waals surface area contributed by atoms with Crippen LogP contribution < -0.4 is 11.5 Å². The smallest absolute Gasteiger partial charge is 0.398 e. The van der Waals surface area contributed by atoms with E-state index in [1.165, 1.54) is 6.92 Å². The maximum Gasteiger partial charge on any atom is 0.433 e. The summed E-state index contributed by atoms with van der Waals surface area (Å²) < 4.78 is 40.2. The van der Waals surface area contributed by atoms with Gasteiger partial charge in [-0.2, -0.15) is 18.3 Å². The van der Waals surface area contributed by atoms with Crippen molar-refractivity contribution >= 4 is 34.7 Å². The Labute approximate surface area is 166 Å². The number of hydrogen-bond acceptors (Lipinski definition) is 6. The number of amidine groups is 1. The number of oxime groups is 1. The molecule has 0 atom stereocenters. The van der Waals surface area contributed by atoms with Crippen LogP contribution in [0.5, 0.6) is 0 Å². The molecule has 0 aliphatic rings. The van der Waals surface area contributed by atoms with E-state index in [0.717, 1.165) is 6.07 Å². The van der Waals surface area contributed by atoms with E-state index in [4.69, 9.17) is 27.9 Å². The molecule has 3 aromatic rings. The monoisotopic (exact) mass is 426 g/mol. The van der Waals surface area contributed by atoms with Gasteiger partial charge in [-0.1, -0.05) is 28.9 Å². The third-order valence-electron chi connectivity index (χ3n) is 4.02. The molecule has 0 saturated heterocycles. The zero-order valence-corrected chi connectivity index (χ0v) is 15.8. The second-order valence-electron chi connectivity index (χ2n) is 6.05. The first-order valence-electron chi connectivity index (χ1n) is 8.04. The first kappa shape index (κ1) is 20.4. The van der Waals surface area contributed by atoms with Gasteiger partial charge in [0.05, 0.1) is 0 Å². The number of hydrogen-bond donors (Lipinski definition) is 2. The van der Waals surface area contributed by atoms with Crippen LogP contribution in [-0.2, 0) is 11.0 Å². The van der Waals surface area contributed by atoms with Crippen molar-refractivity contribution in [1.29, 1.82) is 0 Å². The third-order valence-corrected chi connectivity index (χ3v) is 4.37. The van der Waals surface area contributed by atoms with E-state index in [1.54, 1.807) is 25.1 Å². The van der Waals surface area contributed by atoms with Crippen molar-refractivity contribution in [2.24, 2.45) is 10.9 Å². The lowest BCUT2D eigenvalue weighted by Crippen LogP contribution is -2.17. The zero-order chi connectivity index (χ0) is 21.5. The van der Waals surface area contributed by atoms with E-state index in [1.807, 2.05) is 0 Å². The number of halogens is 4. The van der Waals surface area contributed by atoms with Crippen molar-refractivity contribution in [3.05, 3.63) is 57.5 Å². The molecule has 0 aliphatic heterocycles. The maximum absolute atomic E-state index is 13.3. The van der Waals surface area contributed by atoms with Crippen LogP contribution >= 0.6 is 11.6 Å². The molecule has 1 aromatic carbocycles. The highest BCUT2D eigenvalue weighted by Gasteiger charge is 2.36. The summed E-state index contributed by atoms with van der Waals surface area (Å²) in [7, 11) is 0. The molecule has 2 aromatic heterocycles. The number of benzene rings is 1. The van der Waals surface area contributed by atoms with Crippen molar-refractivity contribution < 1.29 is 22.8 Å². The van der Waals surface area contributed by atoms with Gasteiger partial charge in [0.2, 0.25) is 0 Å². The Balaban J connectivity index is 1.98. The lowest BCUT2D eigenvalue weighted by atomic mass is 10.1. The Hall–Kier alpha value is -3.34. The minimum absolute atomic E-state index is 0.0472. The summed E-state index contributed by atoms with van der Waals surface area (Å²) in [6.07, 6.45) is -4.74. The minimum atomic E-state index is -4.74. The SMILES string of the molecule is Cc1cc(C(F)(F)F)n2nc(C(=O)O/N=C(\N)c3cccc(N)c3C)c(Cl)c2n1. The number of alkyl halides is 3. The molecular weight excluding hydrogens is 413 g/mol. The van der Waals surface area contributed by atoms with Gasteiger partial charge in [-0.25, -0.2) is 14.3 Å². The summed E-state index contributed by atoms with van der Waals surface area (Å²) in [4.78, 5) is 20.9. The fourth-order valence-corrected chi connectivity index (χ4v) is 2.80. The lowest BCUT2D eigenvalue weighted by molar-refractivity contribution is -0.142. The normalized spacial score (nSPS) is 12.4. The van der Waals surface area contributed by atoms with Crippen LogP contribution in [0.2, 0.25) is 5.02 Å². The Morgan fingerprint density at radius 3 is 2.66 bits per heavy atom. The van der Waals surface area contributed by atoms with Crippen molar-refractivity contribution in [1.82, 2.24) is 14.6 Å². The number of aryl methyl sites for hydroxylation is 1. The molecule has 152 valence electrons. The fraction of sp³-hybridized carbons (Fsp3) is 0.176. The van der Waals surface area contributed by atoms with Crippen LogP contribution in [0.15, 0.2) is 29.4 Å². The molecule has 0 spiro atoms. The molecule has 0 amide bonds. The summed E-state index contributed by atoms with van der Waals surface area (Å²) in [6.45, 7) is 3.05. The Morgan fingerprint density at radius 2 is 2.00 bits per heavy atom. The summed E-state index contributed by atoms with van der Waals surface area (Å²) in [6, 6.07) is 5.68. The molecule has 0 radical (unpaired) electrons. The van der Waals surface area contributed by atoms with Gasteiger partial charge in [-0.3, -0.25) is 0 Å². The standard InChI is InChI=1S/C17H14ClF3N6O2/c1-7-6-11(17(19,20)21)27-15(24-7)12(18)13(25-27)16(28)29-26-14(23)9-4-3-5-10(22)8(9)2/h3-6H,22H2,1-2H3,(H2,23,26). The number of rotatable bonds is 3. The third kappa shape index (κ3) is 3.81. The predicted molar refractivity (Wildman–Crippen MR) is 99.5 cm³/mol. The highest BCUT2D eigenvalue weighted by molar-refractivity contribution is 6.36. The number of nitrogens with zero attached hydrogens (tertiary/aromatic N) is 4. The Morgan fingerprint density at radius 1 is 1.31 bits per heavy atom. The van der Waals surface area contributed by atoms with Gasteiger partial charge in [0.1, 0.15) is 10.7 Å². The topological polar surface area (TPSA) is 121 Å². The Kier molecular flexibility index (Phi) is 5.09. The van der Waals surface area contributed by atoms with Gasteiger partial charge < -0.3 is 16.3 Å². The lowest BCUT2D eigenvalue weighted by Gasteiger charge is -2.09. The second kappa shape index (κ2) is 7.24. The molecule has 4 N–H and O–H groups in total. The van der Waals surface area contributed by atoms with Crippen LogP contribution in [0.3, 0.4) is 0 Å². The molecule has 0 fully saturated rings. The largest absolute Gasteiger partial charge is 0.433 e. The molecule has 0 bridgehead atoms. The van der Waals surface area contributed by atoms with Gasteiger partial charge in [0.15, 0.2) is 17.2 Å². The van der Waals surface area contributed by atoms with E-state index in [0.29, 0.717) is 21.3 Å². The van der Waals surface area contributed by atoms with E-state index in [2.05, 4.69) is 15.2 Å². The summed E-state index contributed by atoms with van der Waals surface area (Å²) in [5, 5.41) is 6.71. The van der Waals surface area contributed by atoms with Gasteiger partial charge in [-0.15, -0.1) is 0 Å². The molecule has 0 aliphatic carbocycles. The first-order valence-corrected chi connectivity index (χ1v) is 8.42. The van der Waals surface area contributed by atoms with Crippen LogP contribution in [0.4, 0.5) is 18.9 Å². The summed E-state index contributed by atoms with van der Waals surface area (Å²) in [5.74, 6) is -1.36. The highest BCUT2D eigenvalue weighted by atomic mass is 35.5. The van der Waals surface area contributed by atoms with Crippen LogP contribution in [-0.4, -0.2) is 26.4 Å². The number of carbonyl (C=O) groups excluding carboxylic acids is 1. The number of carbonyl (C=O) groups is 1. The van der Waals surface area contributed by atoms with E-state index >= 15 is 0 Å². The first-order chi connectivity index (χ1) is 13.5. The Bertz CT molecular complexity index is 1160. The van der Waals surface area contributed by atoms with Gasteiger partial charge >= 0.3 is 12.1 Å². The number of nitrogens with two attached hydrogens (primary N) is 2. The fourth-order valence-electron chi connectivity index (χ4n) is 2.56. The molecule has 0 unspecified atom stereocenters. The van der Waals surface area contributed by atoms with Crippen molar-refractivity contribution in [3.63, 3.8) is 0 Å². The highest BCUT2D eigenvalue weighted by Crippen LogP contribution is 2.32.